The van der Waals surface area contributed by atoms with Crippen LogP contribution >= 0.6 is 0 Å². The highest BCUT2D eigenvalue weighted by Gasteiger charge is 2.39. The SMILES string of the molecule is CC1CCN(C(=O)N2CC(C)C(C(=O)O)C2)CC1C. The van der Waals surface area contributed by atoms with E-state index < -0.39 is 11.9 Å². The third-order valence-electron chi connectivity index (χ3n) is 4.80. The molecule has 2 heterocycles. The quantitative estimate of drug-likeness (QED) is 0.788. The van der Waals surface area contributed by atoms with Crippen LogP contribution in [0.15, 0.2) is 0 Å². The molecular weight excluding hydrogens is 244 g/mol. The van der Waals surface area contributed by atoms with Crippen LogP contribution in [0.5, 0.6) is 0 Å². The summed E-state index contributed by atoms with van der Waals surface area (Å²) in [6.07, 6.45) is 1.04. The summed E-state index contributed by atoms with van der Waals surface area (Å²) in [5.74, 6) is 0.0254. The van der Waals surface area contributed by atoms with Gasteiger partial charge in [-0.15, -0.1) is 0 Å². The molecule has 0 saturated carbocycles. The minimum Gasteiger partial charge on any atom is -0.481 e. The van der Waals surface area contributed by atoms with Crippen molar-refractivity contribution in [1.29, 1.82) is 0 Å². The average molecular weight is 268 g/mol. The van der Waals surface area contributed by atoms with Gasteiger partial charge in [0.25, 0.3) is 0 Å². The van der Waals surface area contributed by atoms with Gasteiger partial charge >= 0.3 is 12.0 Å². The zero-order valence-electron chi connectivity index (χ0n) is 12.0. The fraction of sp³-hybridized carbons (Fsp3) is 0.857. The second-order valence-corrected chi connectivity index (χ2v) is 6.30. The van der Waals surface area contributed by atoms with Gasteiger partial charge in [-0.3, -0.25) is 4.79 Å². The molecule has 0 aromatic carbocycles. The number of hydrogen-bond acceptors (Lipinski definition) is 2. The molecule has 2 amide bonds. The van der Waals surface area contributed by atoms with Crippen LogP contribution in [0.4, 0.5) is 4.79 Å². The largest absolute Gasteiger partial charge is 0.481 e. The van der Waals surface area contributed by atoms with Gasteiger partial charge in [0.05, 0.1) is 5.92 Å². The fourth-order valence-corrected chi connectivity index (χ4v) is 3.08. The van der Waals surface area contributed by atoms with Gasteiger partial charge in [-0.2, -0.15) is 0 Å². The van der Waals surface area contributed by atoms with Crippen LogP contribution in [0.25, 0.3) is 0 Å². The number of likely N-dealkylation sites (tertiary alicyclic amines) is 2. The van der Waals surface area contributed by atoms with E-state index in [4.69, 9.17) is 5.11 Å². The first kappa shape index (κ1) is 14.2. The number of urea groups is 1. The van der Waals surface area contributed by atoms with Gasteiger partial charge in [0.1, 0.15) is 0 Å². The van der Waals surface area contributed by atoms with Gasteiger partial charge in [-0.25, -0.2) is 4.79 Å². The maximum absolute atomic E-state index is 12.4. The Morgan fingerprint density at radius 3 is 2.11 bits per heavy atom. The molecule has 2 rings (SSSR count). The predicted molar refractivity (Wildman–Crippen MR) is 71.8 cm³/mol. The molecule has 0 bridgehead atoms. The number of nitrogens with zero attached hydrogens (tertiary/aromatic N) is 2. The van der Waals surface area contributed by atoms with Crippen molar-refractivity contribution in [3.63, 3.8) is 0 Å². The van der Waals surface area contributed by atoms with Crippen LogP contribution in [0.2, 0.25) is 0 Å². The van der Waals surface area contributed by atoms with Crippen molar-refractivity contribution in [2.75, 3.05) is 26.2 Å². The van der Waals surface area contributed by atoms with Crippen molar-refractivity contribution in [2.45, 2.75) is 27.2 Å². The van der Waals surface area contributed by atoms with Gasteiger partial charge in [-0.1, -0.05) is 20.8 Å². The maximum Gasteiger partial charge on any atom is 0.320 e. The molecule has 2 saturated heterocycles. The summed E-state index contributed by atoms with van der Waals surface area (Å²) in [5, 5.41) is 9.12. The van der Waals surface area contributed by atoms with E-state index in [0.717, 1.165) is 19.5 Å². The van der Waals surface area contributed by atoms with Gasteiger partial charge in [0.2, 0.25) is 0 Å². The summed E-state index contributed by atoms with van der Waals surface area (Å²) >= 11 is 0. The molecule has 0 radical (unpaired) electrons. The lowest BCUT2D eigenvalue weighted by molar-refractivity contribution is -0.142. The molecule has 0 aromatic rings. The van der Waals surface area contributed by atoms with E-state index in [1.165, 1.54) is 0 Å². The molecule has 1 N–H and O–H groups in total. The van der Waals surface area contributed by atoms with Gasteiger partial charge in [0, 0.05) is 26.2 Å². The highest BCUT2D eigenvalue weighted by molar-refractivity contribution is 5.77. The molecule has 0 aromatic heterocycles. The van der Waals surface area contributed by atoms with Crippen molar-refractivity contribution in [3.05, 3.63) is 0 Å². The molecular formula is C14H24N2O3. The Morgan fingerprint density at radius 1 is 0.947 bits per heavy atom. The smallest absolute Gasteiger partial charge is 0.320 e. The number of carbonyl (C=O) groups excluding carboxylic acids is 1. The number of aliphatic carboxylic acids is 1. The maximum atomic E-state index is 12.4. The fourth-order valence-electron chi connectivity index (χ4n) is 3.08. The van der Waals surface area contributed by atoms with E-state index in [1.54, 1.807) is 4.90 Å². The first-order valence-electron chi connectivity index (χ1n) is 7.16. The number of rotatable bonds is 1. The van der Waals surface area contributed by atoms with Crippen LogP contribution in [-0.2, 0) is 4.79 Å². The summed E-state index contributed by atoms with van der Waals surface area (Å²) in [6, 6.07) is 0.0225. The minimum atomic E-state index is -0.788. The second-order valence-electron chi connectivity index (χ2n) is 6.30. The molecule has 2 fully saturated rings. The normalized spacial score (nSPS) is 35.5. The molecule has 2 aliphatic heterocycles. The van der Waals surface area contributed by atoms with Crippen molar-refractivity contribution >= 4 is 12.0 Å². The average Bonchev–Trinajstić information content (AvgIpc) is 2.74. The molecule has 19 heavy (non-hydrogen) atoms. The van der Waals surface area contributed by atoms with Gasteiger partial charge in [0.15, 0.2) is 0 Å². The lowest BCUT2D eigenvalue weighted by Crippen LogP contribution is -2.48. The Bertz CT molecular complexity index is 372. The number of carboxylic acids is 1. The zero-order chi connectivity index (χ0) is 14.2. The summed E-state index contributed by atoms with van der Waals surface area (Å²) in [6.45, 7) is 8.83. The Balaban J connectivity index is 1.96. The monoisotopic (exact) mass is 268 g/mol. The van der Waals surface area contributed by atoms with Crippen LogP contribution in [-0.4, -0.2) is 53.1 Å². The van der Waals surface area contributed by atoms with Crippen molar-refractivity contribution in [1.82, 2.24) is 9.80 Å². The lowest BCUT2D eigenvalue weighted by Gasteiger charge is -2.37. The van der Waals surface area contributed by atoms with Crippen molar-refractivity contribution in [3.8, 4) is 0 Å². The Labute approximate surface area is 114 Å². The van der Waals surface area contributed by atoms with Crippen LogP contribution in [0.1, 0.15) is 27.2 Å². The molecule has 0 spiro atoms. The summed E-state index contributed by atoms with van der Waals surface area (Å²) < 4.78 is 0. The highest BCUT2D eigenvalue weighted by Crippen LogP contribution is 2.27. The summed E-state index contributed by atoms with van der Waals surface area (Å²) in [5.41, 5.74) is 0. The van der Waals surface area contributed by atoms with E-state index in [0.29, 0.717) is 24.9 Å². The van der Waals surface area contributed by atoms with Crippen LogP contribution < -0.4 is 0 Å². The Hall–Kier alpha value is -1.26. The van der Waals surface area contributed by atoms with E-state index in [2.05, 4.69) is 13.8 Å². The Morgan fingerprint density at radius 2 is 1.58 bits per heavy atom. The first-order chi connectivity index (χ1) is 8.90. The molecule has 2 aliphatic rings. The number of carboxylic acid groups (broad SMARTS) is 1. The van der Waals surface area contributed by atoms with Crippen LogP contribution in [0, 0.1) is 23.7 Å². The minimum absolute atomic E-state index is 0.0225. The molecule has 108 valence electrons. The number of piperidine rings is 1. The second kappa shape index (κ2) is 5.39. The molecule has 4 unspecified atom stereocenters. The molecule has 4 atom stereocenters. The van der Waals surface area contributed by atoms with E-state index >= 15 is 0 Å². The molecule has 5 heteroatoms. The van der Waals surface area contributed by atoms with Crippen molar-refractivity contribution < 1.29 is 14.7 Å². The van der Waals surface area contributed by atoms with Gasteiger partial charge in [-0.05, 0) is 24.2 Å². The summed E-state index contributed by atoms with van der Waals surface area (Å²) in [7, 11) is 0. The lowest BCUT2D eigenvalue weighted by atomic mass is 9.89. The van der Waals surface area contributed by atoms with E-state index in [9.17, 15) is 9.59 Å². The zero-order valence-corrected chi connectivity index (χ0v) is 12.0. The number of amides is 2. The van der Waals surface area contributed by atoms with Crippen LogP contribution in [0.3, 0.4) is 0 Å². The van der Waals surface area contributed by atoms with E-state index in [-0.39, 0.29) is 11.9 Å². The Kier molecular flexibility index (Phi) is 4.02. The summed E-state index contributed by atoms with van der Waals surface area (Å²) in [4.78, 5) is 27.1. The van der Waals surface area contributed by atoms with E-state index in [1.807, 2.05) is 11.8 Å². The van der Waals surface area contributed by atoms with Gasteiger partial charge < -0.3 is 14.9 Å². The standard InChI is InChI=1S/C14H24N2O3/c1-9-4-5-15(6-10(9)2)14(19)16-7-11(3)12(8-16)13(17)18/h9-12H,4-8H2,1-3H3,(H,17,18). The number of carbonyl (C=O) groups is 2. The predicted octanol–water partition coefficient (Wildman–Crippen LogP) is 1.74. The molecule has 5 nitrogen and oxygen atoms in total. The number of hydrogen-bond donors (Lipinski definition) is 1. The highest BCUT2D eigenvalue weighted by atomic mass is 16.4. The third-order valence-corrected chi connectivity index (χ3v) is 4.80. The molecule has 0 aliphatic carbocycles. The first-order valence-corrected chi connectivity index (χ1v) is 7.16. The van der Waals surface area contributed by atoms with Crippen molar-refractivity contribution in [2.24, 2.45) is 23.7 Å². The topological polar surface area (TPSA) is 60.9 Å². The third kappa shape index (κ3) is 2.85.